The van der Waals surface area contributed by atoms with Crippen molar-refractivity contribution in [1.82, 2.24) is 0 Å². The second kappa shape index (κ2) is 5.11. The van der Waals surface area contributed by atoms with Gasteiger partial charge in [-0.2, -0.15) is 0 Å². The first kappa shape index (κ1) is 11.8. The molecule has 0 bridgehead atoms. The number of anilines is 2. The van der Waals surface area contributed by atoms with E-state index >= 15 is 0 Å². The lowest BCUT2D eigenvalue weighted by Gasteiger charge is -2.19. The lowest BCUT2D eigenvalue weighted by Crippen LogP contribution is -2.12. The third-order valence-electron chi connectivity index (χ3n) is 2.73. The van der Waals surface area contributed by atoms with Crippen molar-refractivity contribution in [1.29, 1.82) is 0 Å². The molecule has 0 radical (unpaired) electrons. The molecule has 2 rings (SSSR count). The molecule has 1 nitrogen and oxygen atoms in total. The molecular weight excluding hydrogens is 226 g/mol. The highest BCUT2D eigenvalue weighted by Gasteiger charge is 2.05. The van der Waals surface area contributed by atoms with E-state index in [0.717, 1.165) is 11.4 Å². The Bertz CT molecular complexity index is 454. The zero-order valence-corrected chi connectivity index (χ0v) is 10.9. The van der Waals surface area contributed by atoms with Crippen molar-refractivity contribution in [2.45, 2.75) is 13.8 Å². The molecule has 0 amide bonds. The van der Waals surface area contributed by atoms with Gasteiger partial charge in [-0.05, 0) is 38.1 Å². The van der Waals surface area contributed by atoms with Crippen LogP contribution in [0.5, 0.6) is 0 Å². The van der Waals surface area contributed by atoms with Gasteiger partial charge in [-0.3, -0.25) is 0 Å². The lowest BCUT2D eigenvalue weighted by atomic mass is 10.2. The molecule has 0 saturated heterocycles. The smallest absolute Gasteiger partial charge is 0.0731 e. The molecule has 86 valence electrons. The summed E-state index contributed by atoms with van der Waals surface area (Å²) in [7, 11) is 0. The summed E-state index contributed by atoms with van der Waals surface area (Å²) < 4.78 is 0. The van der Waals surface area contributed by atoms with E-state index in [2.05, 4.69) is 62.4 Å². The molecule has 0 fully saturated rings. The first-order valence-corrected chi connectivity index (χ1v) is 6.06. The third-order valence-corrected chi connectivity index (χ3v) is 2.94. The number of hydrogen-bond acceptors (Lipinski definition) is 1. The van der Waals surface area contributed by atoms with Gasteiger partial charge in [0, 0.05) is 11.4 Å². The van der Waals surface area contributed by atoms with E-state index in [0.29, 0.717) is 0 Å². The average molecular weight is 241 g/mol. The Labute approximate surface area is 108 Å². The largest absolute Gasteiger partial charge is 0.307 e. The van der Waals surface area contributed by atoms with E-state index in [1.807, 2.05) is 4.90 Å². The molecule has 0 atom stereocenters. The Morgan fingerprint density at radius 2 is 1.12 bits per heavy atom. The predicted molar refractivity (Wildman–Crippen MR) is 78.2 cm³/mol. The molecule has 2 aromatic rings. The second-order valence-electron chi connectivity index (χ2n) is 4.15. The lowest BCUT2D eigenvalue weighted by molar-refractivity contribution is 1.35. The van der Waals surface area contributed by atoms with Crippen LogP contribution in [-0.2, 0) is 0 Å². The highest BCUT2D eigenvalue weighted by molar-refractivity contribution is 7.79. The molecular formula is C15H15NS. The first-order valence-electron chi connectivity index (χ1n) is 5.58. The van der Waals surface area contributed by atoms with Crippen molar-refractivity contribution >= 4 is 29.1 Å². The molecule has 17 heavy (non-hydrogen) atoms. The van der Waals surface area contributed by atoms with Gasteiger partial charge in [0.1, 0.15) is 0 Å². The molecule has 0 heterocycles. The van der Waals surface area contributed by atoms with Crippen LogP contribution in [0.1, 0.15) is 11.1 Å². The summed E-state index contributed by atoms with van der Waals surface area (Å²) in [4.78, 5) is 2.01. The Hall–Kier alpha value is -1.67. The van der Waals surface area contributed by atoms with Gasteiger partial charge in [0.15, 0.2) is 0 Å². The van der Waals surface area contributed by atoms with Crippen molar-refractivity contribution in [3.63, 3.8) is 0 Å². The molecule has 0 aliphatic rings. The summed E-state index contributed by atoms with van der Waals surface area (Å²) in [5, 5.41) is 0. The van der Waals surface area contributed by atoms with E-state index < -0.39 is 0 Å². The molecule has 0 aliphatic carbocycles. The minimum atomic E-state index is 1.09. The van der Waals surface area contributed by atoms with Crippen LogP contribution in [0.3, 0.4) is 0 Å². The fraction of sp³-hybridized carbons (Fsp3) is 0.133. The third kappa shape index (κ3) is 2.71. The summed E-state index contributed by atoms with van der Waals surface area (Å²) in [6.45, 7) is 4.16. The van der Waals surface area contributed by atoms with Gasteiger partial charge >= 0.3 is 0 Å². The predicted octanol–water partition coefficient (Wildman–Crippen LogP) is 4.40. The molecule has 0 aromatic heterocycles. The fourth-order valence-corrected chi connectivity index (χ4v) is 1.92. The van der Waals surface area contributed by atoms with Crippen LogP contribution in [0.25, 0.3) is 0 Å². The topological polar surface area (TPSA) is 3.24 Å². The van der Waals surface area contributed by atoms with E-state index in [1.165, 1.54) is 11.1 Å². The Kier molecular flexibility index (Phi) is 3.55. The normalized spacial score (nSPS) is 10.0. The molecule has 0 aliphatic heterocycles. The van der Waals surface area contributed by atoms with Crippen LogP contribution < -0.4 is 4.90 Å². The van der Waals surface area contributed by atoms with E-state index in [4.69, 9.17) is 12.2 Å². The summed E-state index contributed by atoms with van der Waals surface area (Å²) in [6.07, 6.45) is 0. The van der Waals surface area contributed by atoms with Crippen molar-refractivity contribution in [2.24, 2.45) is 0 Å². The highest BCUT2D eigenvalue weighted by Crippen LogP contribution is 2.24. The van der Waals surface area contributed by atoms with Gasteiger partial charge < -0.3 is 4.90 Å². The van der Waals surface area contributed by atoms with Crippen molar-refractivity contribution in [3.05, 3.63) is 59.7 Å². The number of rotatable bonds is 3. The molecule has 0 unspecified atom stereocenters. The highest BCUT2D eigenvalue weighted by atomic mass is 32.1. The minimum absolute atomic E-state index is 1.09. The van der Waals surface area contributed by atoms with Gasteiger partial charge in [0.05, 0.1) is 5.49 Å². The van der Waals surface area contributed by atoms with Gasteiger partial charge in [0.2, 0.25) is 0 Å². The molecule has 0 spiro atoms. The quantitative estimate of drug-likeness (QED) is 0.733. The number of aryl methyl sites for hydroxylation is 2. The van der Waals surface area contributed by atoms with E-state index in [1.54, 1.807) is 5.49 Å². The van der Waals surface area contributed by atoms with Gasteiger partial charge in [-0.25, -0.2) is 0 Å². The SMILES string of the molecule is Cc1ccc(N(C=S)c2ccc(C)cc2)cc1. The molecule has 2 heteroatoms. The maximum Gasteiger partial charge on any atom is 0.0731 e. The number of hydrogen-bond donors (Lipinski definition) is 0. The van der Waals surface area contributed by atoms with Gasteiger partial charge in [-0.1, -0.05) is 47.6 Å². The Morgan fingerprint density at radius 1 is 0.765 bits per heavy atom. The van der Waals surface area contributed by atoms with Crippen LogP contribution >= 0.6 is 12.2 Å². The maximum atomic E-state index is 5.10. The number of benzene rings is 2. The Morgan fingerprint density at radius 3 is 1.41 bits per heavy atom. The monoisotopic (exact) mass is 241 g/mol. The zero-order valence-electron chi connectivity index (χ0n) is 10.1. The minimum Gasteiger partial charge on any atom is -0.307 e. The second-order valence-corrected chi connectivity index (χ2v) is 4.36. The van der Waals surface area contributed by atoms with Crippen molar-refractivity contribution in [3.8, 4) is 0 Å². The van der Waals surface area contributed by atoms with Crippen LogP contribution in [-0.4, -0.2) is 5.49 Å². The molecule has 0 N–H and O–H groups in total. The first-order chi connectivity index (χ1) is 8.20. The van der Waals surface area contributed by atoms with Crippen molar-refractivity contribution < 1.29 is 0 Å². The molecule has 2 aromatic carbocycles. The molecule has 0 saturated carbocycles. The average Bonchev–Trinajstić information content (AvgIpc) is 2.35. The number of thiocarbonyl (C=S) groups is 1. The number of nitrogens with zero attached hydrogens (tertiary/aromatic N) is 1. The van der Waals surface area contributed by atoms with Crippen LogP contribution in [0.4, 0.5) is 11.4 Å². The van der Waals surface area contributed by atoms with Crippen LogP contribution in [0.2, 0.25) is 0 Å². The van der Waals surface area contributed by atoms with E-state index in [9.17, 15) is 0 Å². The van der Waals surface area contributed by atoms with Crippen LogP contribution in [0.15, 0.2) is 48.5 Å². The summed E-state index contributed by atoms with van der Waals surface area (Å²) in [5.74, 6) is 0. The van der Waals surface area contributed by atoms with Gasteiger partial charge in [0.25, 0.3) is 0 Å². The standard InChI is InChI=1S/C15H15NS/c1-12-3-7-14(8-4-12)16(11-17)15-9-5-13(2)6-10-15/h3-11H,1-2H3. The van der Waals surface area contributed by atoms with Gasteiger partial charge in [-0.15, -0.1) is 0 Å². The Balaban J connectivity index is 2.36. The fourth-order valence-electron chi connectivity index (χ4n) is 1.68. The summed E-state index contributed by atoms with van der Waals surface area (Å²) in [5.41, 5.74) is 6.36. The summed E-state index contributed by atoms with van der Waals surface area (Å²) >= 11 is 5.10. The van der Waals surface area contributed by atoms with Crippen LogP contribution in [0, 0.1) is 13.8 Å². The van der Waals surface area contributed by atoms with Crippen molar-refractivity contribution in [2.75, 3.05) is 4.90 Å². The maximum absolute atomic E-state index is 5.10. The summed E-state index contributed by atoms with van der Waals surface area (Å²) in [6, 6.07) is 16.7. The zero-order chi connectivity index (χ0) is 12.3. The van der Waals surface area contributed by atoms with E-state index in [-0.39, 0.29) is 0 Å².